The quantitative estimate of drug-likeness (QED) is 0.199. The molecule has 1 heterocycles. The maximum absolute atomic E-state index is 13.6. The molecule has 7 rings (SSSR count). The molecule has 1 aliphatic heterocycles. The zero-order chi connectivity index (χ0) is 40.1. The average Bonchev–Trinajstić information content (AvgIpc) is 3.60. The summed E-state index contributed by atoms with van der Waals surface area (Å²) in [6.45, 7) is 20.6. The summed E-state index contributed by atoms with van der Waals surface area (Å²) in [6, 6.07) is 7.78. The molecule has 1 aromatic carbocycles. The van der Waals surface area contributed by atoms with Gasteiger partial charge in [-0.15, -0.1) is 0 Å². The summed E-state index contributed by atoms with van der Waals surface area (Å²) in [5.74, 6) is 0.966. The largest absolute Gasteiger partial charge is 0.481 e. The molecule has 0 bridgehead atoms. The average molecular weight is 775 g/mol. The van der Waals surface area contributed by atoms with Gasteiger partial charge in [-0.1, -0.05) is 83.3 Å². The number of rotatable bonds is 9. The molecule has 4 saturated carbocycles. The third-order valence-electron chi connectivity index (χ3n) is 17.6. The Balaban J connectivity index is 1.13. The van der Waals surface area contributed by atoms with E-state index in [4.69, 9.17) is 16.3 Å². The van der Waals surface area contributed by atoms with Crippen molar-refractivity contribution < 1.29 is 24.2 Å². The number of esters is 1. The molecule has 0 spiro atoms. The van der Waals surface area contributed by atoms with Gasteiger partial charge in [-0.3, -0.25) is 14.4 Å². The first-order chi connectivity index (χ1) is 25.6. The van der Waals surface area contributed by atoms with E-state index < -0.39 is 11.4 Å². The van der Waals surface area contributed by atoms with E-state index in [0.29, 0.717) is 30.1 Å². The minimum absolute atomic E-state index is 0.110. The van der Waals surface area contributed by atoms with Gasteiger partial charge in [0.1, 0.15) is 6.10 Å². The molecule has 6 aliphatic rings. The first-order valence-corrected chi connectivity index (χ1v) is 21.9. The summed E-state index contributed by atoms with van der Waals surface area (Å²) >= 11 is 6.18. The van der Waals surface area contributed by atoms with E-state index in [1.54, 1.807) is 25.0 Å². The fourth-order valence-electron chi connectivity index (χ4n) is 14.2. The Morgan fingerprint density at radius 2 is 1.62 bits per heavy atom. The van der Waals surface area contributed by atoms with E-state index in [-0.39, 0.29) is 57.4 Å². The second kappa shape index (κ2) is 13.8. The summed E-state index contributed by atoms with van der Waals surface area (Å²) < 4.78 is 6.21. The van der Waals surface area contributed by atoms with Gasteiger partial charge in [0, 0.05) is 35.7 Å². The van der Waals surface area contributed by atoms with Gasteiger partial charge in [0.2, 0.25) is 0 Å². The highest BCUT2D eigenvalue weighted by molar-refractivity contribution is 6.30. The highest BCUT2D eigenvalue weighted by atomic mass is 35.5. The second-order valence-corrected chi connectivity index (χ2v) is 21.8. The van der Waals surface area contributed by atoms with Gasteiger partial charge in [0.25, 0.3) is 0 Å². The summed E-state index contributed by atoms with van der Waals surface area (Å²) in [4.78, 5) is 40.8. The van der Waals surface area contributed by atoms with Crippen molar-refractivity contribution in [3.05, 3.63) is 57.8 Å². The van der Waals surface area contributed by atoms with Crippen molar-refractivity contribution in [2.24, 2.45) is 56.2 Å². The Morgan fingerprint density at radius 1 is 0.927 bits per heavy atom. The van der Waals surface area contributed by atoms with Crippen LogP contribution in [0.2, 0.25) is 5.02 Å². The monoisotopic (exact) mass is 773 g/mol. The number of halogens is 1. The number of carbonyl (C=O) groups excluding carboxylic acids is 2. The van der Waals surface area contributed by atoms with Crippen LogP contribution in [-0.2, 0) is 25.5 Å². The first-order valence-electron chi connectivity index (χ1n) is 21.5. The van der Waals surface area contributed by atoms with E-state index in [2.05, 4.69) is 60.4 Å². The lowest BCUT2D eigenvalue weighted by Crippen LogP contribution is -2.65. The van der Waals surface area contributed by atoms with Crippen LogP contribution in [-0.4, -0.2) is 46.9 Å². The third-order valence-corrected chi connectivity index (χ3v) is 17.9. The minimum Gasteiger partial charge on any atom is -0.481 e. The van der Waals surface area contributed by atoms with Crippen molar-refractivity contribution >= 4 is 29.3 Å². The predicted molar refractivity (Wildman–Crippen MR) is 219 cm³/mol. The van der Waals surface area contributed by atoms with Gasteiger partial charge in [-0.25, -0.2) is 0 Å². The van der Waals surface area contributed by atoms with Gasteiger partial charge in [0.05, 0.1) is 17.9 Å². The molecule has 0 radical (unpaired) electrons. The fourth-order valence-corrected chi connectivity index (χ4v) is 14.4. The second-order valence-electron chi connectivity index (χ2n) is 21.4. The molecule has 302 valence electrons. The molecule has 6 nitrogen and oxygen atoms in total. The maximum Gasteiger partial charge on any atom is 0.309 e. The lowest BCUT2D eigenvalue weighted by atomic mass is 9.33. The van der Waals surface area contributed by atoms with Crippen LogP contribution in [0, 0.1) is 56.2 Å². The summed E-state index contributed by atoms with van der Waals surface area (Å²) in [7, 11) is 2.14. The van der Waals surface area contributed by atoms with Crippen LogP contribution in [0.4, 0.5) is 0 Å². The normalized spacial score (nSPS) is 38.3. The zero-order valence-corrected chi connectivity index (χ0v) is 36.2. The molecule has 2 unspecified atom stereocenters. The molecule has 4 fully saturated rings. The fraction of sp³-hybridized carbons (Fsp3) is 0.729. The molecule has 0 aromatic heterocycles. The van der Waals surface area contributed by atoms with E-state index in [0.717, 1.165) is 36.3 Å². The number of fused-ring (bicyclic) bond motifs is 7. The summed E-state index contributed by atoms with van der Waals surface area (Å²) in [5.41, 5.74) is 5.15. The van der Waals surface area contributed by atoms with Gasteiger partial charge >= 0.3 is 11.9 Å². The number of benzene rings is 1. The predicted octanol–water partition coefficient (Wildman–Crippen LogP) is 11.3. The highest BCUT2D eigenvalue weighted by Crippen LogP contribution is 2.77. The lowest BCUT2D eigenvalue weighted by Gasteiger charge is -2.72. The van der Waals surface area contributed by atoms with E-state index in [9.17, 15) is 19.5 Å². The van der Waals surface area contributed by atoms with Crippen molar-refractivity contribution in [1.82, 2.24) is 4.90 Å². The van der Waals surface area contributed by atoms with E-state index in [1.165, 1.54) is 50.6 Å². The Hall–Kier alpha value is -2.60. The van der Waals surface area contributed by atoms with Gasteiger partial charge in [-0.05, 0) is 148 Å². The molecule has 1 aromatic rings. The molecule has 9 atom stereocenters. The van der Waals surface area contributed by atoms with Crippen LogP contribution in [0.5, 0.6) is 0 Å². The number of hydrogen-bond acceptors (Lipinski definition) is 5. The highest BCUT2D eigenvalue weighted by Gasteiger charge is 2.69. The summed E-state index contributed by atoms with van der Waals surface area (Å²) in [5, 5.41) is 10.4. The van der Waals surface area contributed by atoms with Crippen molar-refractivity contribution in [2.75, 3.05) is 7.05 Å². The smallest absolute Gasteiger partial charge is 0.309 e. The number of nitrogens with zero attached hydrogens (tertiary/aromatic N) is 1. The van der Waals surface area contributed by atoms with Gasteiger partial charge in [-0.2, -0.15) is 0 Å². The van der Waals surface area contributed by atoms with Crippen molar-refractivity contribution in [3.63, 3.8) is 0 Å². The van der Waals surface area contributed by atoms with E-state index >= 15 is 0 Å². The Labute approximate surface area is 336 Å². The summed E-state index contributed by atoms with van der Waals surface area (Å²) in [6.07, 6.45) is 14.8. The first kappa shape index (κ1) is 40.6. The number of ketones is 1. The van der Waals surface area contributed by atoms with Crippen LogP contribution in [0.3, 0.4) is 0 Å². The lowest BCUT2D eigenvalue weighted by molar-refractivity contribution is -0.233. The molecule has 5 aliphatic carbocycles. The SMILES string of the molecule is CC(C)C1=C2[C@H]3CC[C@@H]4[C@@]5(C)CCC(OC(=O)CC(C)(C)C(=O)O)C(C)(C)[C@@H]5CC[C@@]4(C)[C@]3(C)CC[C@@]2(CC2=CC(=O)C(Cc3ccc(Cl)cc3)N2C)CC1. The van der Waals surface area contributed by atoms with Crippen LogP contribution in [0.25, 0.3) is 0 Å². The van der Waals surface area contributed by atoms with Crippen molar-refractivity contribution in [3.8, 4) is 0 Å². The number of allylic oxidation sites excluding steroid dienone is 3. The Morgan fingerprint density at radius 3 is 2.27 bits per heavy atom. The number of hydrogen-bond donors (Lipinski definition) is 1. The molecule has 55 heavy (non-hydrogen) atoms. The number of carboxylic acids is 1. The number of likely N-dealkylation sites (N-methyl/N-ethyl adjacent to an activating group) is 1. The number of aliphatic carboxylic acids is 1. The molecule has 0 saturated heterocycles. The number of ether oxygens (including phenoxy) is 1. The molecule has 1 N–H and O–H groups in total. The number of carbonyl (C=O) groups is 3. The maximum atomic E-state index is 13.6. The van der Waals surface area contributed by atoms with Crippen LogP contribution >= 0.6 is 11.6 Å². The molecular formula is C48H68ClNO5. The minimum atomic E-state index is -1.14. The topological polar surface area (TPSA) is 83.9 Å². The van der Waals surface area contributed by atoms with Gasteiger partial charge < -0.3 is 14.7 Å². The van der Waals surface area contributed by atoms with Crippen molar-refractivity contribution in [1.29, 1.82) is 0 Å². The number of carboxylic acid groups (broad SMARTS) is 1. The van der Waals surface area contributed by atoms with E-state index in [1.807, 2.05) is 30.3 Å². The van der Waals surface area contributed by atoms with Crippen molar-refractivity contribution in [2.45, 2.75) is 158 Å². The van der Waals surface area contributed by atoms with Crippen LogP contribution in [0.15, 0.2) is 47.2 Å². The van der Waals surface area contributed by atoms with Crippen LogP contribution in [0.1, 0.15) is 145 Å². The third kappa shape index (κ3) is 6.36. The Kier molecular flexibility index (Phi) is 10.2. The molecular weight excluding hydrogens is 706 g/mol. The van der Waals surface area contributed by atoms with Crippen LogP contribution < -0.4 is 0 Å². The molecule has 0 amide bonds. The standard InChI is InChI=1S/C48H68ClNO5/c1-29(2)33-17-22-48(27-32-26-36(51)35(50(32)10)25-30-11-13-31(49)14-12-30)24-23-46(8)34(41(33)48)15-16-38-45(7)20-19-39(55-40(52)28-43(3,4)42(53)54)44(5,6)37(45)18-21-47(38,46)9/h11-14,26,29,34-35,37-39H,15-25,27-28H2,1-10H3,(H,53,54)/t34-,35?,37+,38-,39?,45+,46-,47-,48-/m1/s1. The Bertz CT molecular complexity index is 1790. The van der Waals surface area contributed by atoms with Gasteiger partial charge in [0.15, 0.2) is 5.78 Å². The molecule has 7 heteroatoms. The zero-order valence-electron chi connectivity index (χ0n) is 35.4.